The first-order chi connectivity index (χ1) is 9.85. The Morgan fingerprint density at radius 1 is 0.650 bits per heavy atom. The van der Waals surface area contributed by atoms with Crippen LogP contribution >= 0.6 is 21.6 Å². The molecule has 0 N–H and O–H groups in total. The summed E-state index contributed by atoms with van der Waals surface area (Å²) >= 11 is 0. The normalized spacial score (nSPS) is 13.9. The molecule has 0 aromatic heterocycles. The average Bonchev–Trinajstić information content (AvgIpc) is 2.53. The van der Waals surface area contributed by atoms with E-state index in [-0.39, 0.29) is 10.5 Å². The van der Waals surface area contributed by atoms with Gasteiger partial charge in [-0.05, 0) is 11.1 Å². The highest BCUT2D eigenvalue weighted by atomic mass is 33.1. The minimum atomic E-state index is -0.449. The molecule has 2 aromatic rings. The van der Waals surface area contributed by atoms with Gasteiger partial charge in [-0.3, -0.25) is 0 Å². The molecule has 0 aliphatic heterocycles. The number of halogens is 2. The molecule has 0 nitrogen and oxygen atoms in total. The molecule has 0 aliphatic rings. The SMILES string of the molecule is FCC(SSC(CF)c1ccccc1)c1ccccc1. The predicted octanol–water partition coefficient (Wildman–Crippen LogP) is 5.79. The predicted molar refractivity (Wildman–Crippen MR) is 85.5 cm³/mol. The lowest BCUT2D eigenvalue weighted by molar-refractivity contribution is 0.488. The van der Waals surface area contributed by atoms with Crippen LogP contribution in [0.5, 0.6) is 0 Å². The highest BCUT2D eigenvalue weighted by molar-refractivity contribution is 8.76. The molecule has 0 spiro atoms. The lowest BCUT2D eigenvalue weighted by atomic mass is 10.2. The van der Waals surface area contributed by atoms with Crippen LogP contribution in [0.25, 0.3) is 0 Å². The molecule has 0 fully saturated rings. The quantitative estimate of drug-likeness (QED) is 0.594. The zero-order chi connectivity index (χ0) is 14.2. The van der Waals surface area contributed by atoms with Crippen LogP contribution in [-0.2, 0) is 0 Å². The summed E-state index contributed by atoms with van der Waals surface area (Å²) in [6.07, 6.45) is 0. The number of hydrogen-bond acceptors (Lipinski definition) is 2. The third-order valence-electron chi connectivity index (χ3n) is 2.91. The van der Waals surface area contributed by atoms with Gasteiger partial charge in [-0.25, -0.2) is 8.78 Å². The van der Waals surface area contributed by atoms with Crippen molar-refractivity contribution < 1.29 is 8.78 Å². The van der Waals surface area contributed by atoms with Gasteiger partial charge in [0.15, 0.2) is 0 Å². The van der Waals surface area contributed by atoms with Crippen LogP contribution in [0.15, 0.2) is 60.7 Å². The van der Waals surface area contributed by atoms with Gasteiger partial charge in [-0.2, -0.15) is 0 Å². The van der Waals surface area contributed by atoms with E-state index < -0.39 is 13.3 Å². The topological polar surface area (TPSA) is 0 Å². The van der Waals surface area contributed by atoms with Crippen LogP contribution < -0.4 is 0 Å². The molecule has 2 unspecified atom stereocenters. The van der Waals surface area contributed by atoms with Gasteiger partial charge >= 0.3 is 0 Å². The maximum Gasteiger partial charge on any atom is 0.106 e. The first-order valence-electron chi connectivity index (χ1n) is 6.39. The van der Waals surface area contributed by atoms with Crippen molar-refractivity contribution in [2.24, 2.45) is 0 Å². The molecule has 0 aliphatic carbocycles. The monoisotopic (exact) mass is 310 g/mol. The third kappa shape index (κ3) is 4.25. The second-order valence-corrected chi connectivity index (χ2v) is 6.98. The van der Waals surface area contributed by atoms with Gasteiger partial charge in [0.05, 0.1) is 10.5 Å². The standard InChI is InChI=1S/C16H16F2S2/c17-11-15(13-7-3-1-4-8-13)19-20-16(12-18)14-9-5-2-6-10-14/h1-10,15-16H,11-12H2. The van der Waals surface area contributed by atoms with Gasteiger partial charge in [-0.1, -0.05) is 82.3 Å². The fraction of sp³-hybridized carbons (Fsp3) is 0.250. The van der Waals surface area contributed by atoms with E-state index in [1.807, 2.05) is 60.7 Å². The first kappa shape index (κ1) is 15.4. The Bertz CT molecular complexity index is 443. The molecule has 2 rings (SSSR count). The van der Waals surface area contributed by atoms with Gasteiger partial charge in [0.25, 0.3) is 0 Å². The molecule has 4 heteroatoms. The second-order valence-electron chi connectivity index (χ2n) is 4.30. The maximum absolute atomic E-state index is 13.2. The number of hydrogen-bond donors (Lipinski definition) is 0. The Labute approximate surface area is 126 Å². The minimum Gasteiger partial charge on any atom is -0.249 e. The molecule has 0 bridgehead atoms. The smallest absolute Gasteiger partial charge is 0.106 e. The molecule has 0 radical (unpaired) electrons. The molecule has 0 amide bonds. The van der Waals surface area contributed by atoms with Gasteiger partial charge < -0.3 is 0 Å². The van der Waals surface area contributed by atoms with Crippen LogP contribution in [0, 0.1) is 0 Å². The average molecular weight is 310 g/mol. The van der Waals surface area contributed by atoms with Crippen molar-refractivity contribution >= 4 is 21.6 Å². The summed E-state index contributed by atoms with van der Waals surface area (Å²) in [6, 6.07) is 19.0. The Kier molecular flexibility index (Phi) is 6.40. The molecule has 2 atom stereocenters. The maximum atomic E-state index is 13.2. The highest BCUT2D eigenvalue weighted by Crippen LogP contribution is 2.46. The van der Waals surface area contributed by atoms with Gasteiger partial charge in [0.2, 0.25) is 0 Å². The summed E-state index contributed by atoms with van der Waals surface area (Å²) in [7, 11) is 2.81. The summed E-state index contributed by atoms with van der Waals surface area (Å²) < 4.78 is 26.3. The van der Waals surface area contributed by atoms with E-state index in [1.54, 1.807) is 0 Å². The zero-order valence-corrected chi connectivity index (χ0v) is 12.5. The van der Waals surface area contributed by atoms with Crippen LogP contribution in [0.3, 0.4) is 0 Å². The summed E-state index contributed by atoms with van der Waals surface area (Å²) in [6.45, 7) is -0.898. The molecule has 106 valence electrons. The van der Waals surface area contributed by atoms with Crippen molar-refractivity contribution in [2.75, 3.05) is 13.3 Å². The van der Waals surface area contributed by atoms with Crippen molar-refractivity contribution in [3.63, 3.8) is 0 Å². The lowest BCUT2D eigenvalue weighted by Gasteiger charge is -2.17. The van der Waals surface area contributed by atoms with E-state index in [4.69, 9.17) is 0 Å². The Hall–Kier alpha value is -1.00. The van der Waals surface area contributed by atoms with Crippen LogP contribution in [0.2, 0.25) is 0 Å². The summed E-state index contributed by atoms with van der Waals surface area (Å²) in [5.74, 6) is 0. The fourth-order valence-electron chi connectivity index (χ4n) is 1.81. The van der Waals surface area contributed by atoms with Crippen molar-refractivity contribution in [1.29, 1.82) is 0 Å². The van der Waals surface area contributed by atoms with Crippen molar-refractivity contribution in [1.82, 2.24) is 0 Å². The molecule has 2 aromatic carbocycles. The van der Waals surface area contributed by atoms with Gasteiger partial charge in [-0.15, -0.1) is 0 Å². The Balaban J connectivity index is 1.99. The Morgan fingerprint density at radius 3 is 1.30 bits per heavy atom. The van der Waals surface area contributed by atoms with Crippen molar-refractivity contribution in [3.8, 4) is 0 Å². The van der Waals surface area contributed by atoms with E-state index >= 15 is 0 Å². The second kappa shape index (κ2) is 8.32. The van der Waals surface area contributed by atoms with Crippen LogP contribution in [-0.4, -0.2) is 13.3 Å². The molecule has 0 saturated carbocycles. The van der Waals surface area contributed by atoms with Gasteiger partial charge in [0.1, 0.15) is 13.3 Å². The van der Waals surface area contributed by atoms with Gasteiger partial charge in [0, 0.05) is 0 Å². The van der Waals surface area contributed by atoms with E-state index in [9.17, 15) is 8.78 Å². The van der Waals surface area contributed by atoms with E-state index in [1.165, 1.54) is 21.6 Å². The molecule has 0 saturated heterocycles. The summed E-state index contributed by atoms with van der Waals surface area (Å²) in [4.78, 5) is 0. The number of alkyl halides is 2. The largest absolute Gasteiger partial charge is 0.249 e. The molecule has 0 heterocycles. The van der Waals surface area contributed by atoms with E-state index in [0.717, 1.165) is 11.1 Å². The van der Waals surface area contributed by atoms with Crippen molar-refractivity contribution in [3.05, 3.63) is 71.8 Å². The third-order valence-corrected chi connectivity index (χ3v) is 6.01. The molecular weight excluding hydrogens is 294 g/mol. The first-order valence-corrected chi connectivity index (χ1v) is 8.66. The fourth-order valence-corrected chi connectivity index (χ4v) is 4.50. The van der Waals surface area contributed by atoms with E-state index in [0.29, 0.717) is 0 Å². The number of benzene rings is 2. The minimum absolute atomic E-state index is 0.251. The Morgan fingerprint density at radius 2 is 1.00 bits per heavy atom. The van der Waals surface area contributed by atoms with Crippen LogP contribution in [0.1, 0.15) is 21.6 Å². The summed E-state index contributed by atoms with van der Waals surface area (Å²) in [5.41, 5.74) is 1.89. The molecule has 20 heavy (non-hydrogen) atoms. The van der Waals surface area contributed by atoms with Crippen LogP contribution in [0.4, 0.5) is 8.78 Å². The van der Waals surface area contributed by atoms with E-state index in [2.05, 4.69) is 0 Å². The lowest BCUT2D eigenvalue weighted by Crippen LogP contribution is -1.98. The highest BCUT2D eigenvalue weighted by Gasteiger charge is 2.17. The summed E-state index contributed by atoms with van der Waals surface area (Å²) in [5, 5.41) is -0.502. The van der Waals surface area contributed by atoms with Crippen molar-refractivity contribution in [2.45, 2.75) is 10.5 Å². The zero-order valence-electron chi connectivity index (χ0n) is 10.9. The molecular formula is C16H16F2S2. The number of rotatable bonds is 7.